The smallest absolute Gasteiger partial charge is 0.261 e. The minimum Gasteiger partial charge on any atom is -0.467 e. The minimum atomic E-state index is -0.0123. The number of aryl methyl sites for hydroxylation is 1. The lowest BCUT2D eigenvalue weighted by Crippen LogP contribution is -2.35. The molecule has 0 radical (unpaired) electrons. The van der Waals surface area contributed by atoms with Gasteiger partial charge < -0.3 is 15.1 Å². The Hall–Kier alpha value is -1.78. The lowest BCUT2D eigenvalue weighted by molar-refractivity contribution is 0.0984. The number of nitrogens with zero attached hydrogens (tertiary/aromatic N) is 1. The maximum absolute atomic E-state index is 12.7. The molecule has 1 aromatic carbocycles. The number of fused-ring (bicyclic) bond motifs is 1. The van der Waals surface area contributed by atoms with Gasteiger partial charge in [0, 0.05) is 12.2 Å². The molecule has 124 valence electrons. The molecule has 1 aliphatic heterocycles. The summed E-state index contributed by atoms with van der Waals surface area (Å²) in [4.78, 5) is 14.6. The Kier molecular flexibility index (Phi) is 5.50. The first-order chi connectivity index (χ1) is 10.6. The van der Waals surface area contributed by atoms with Crippen molar-refractivity contribution in [3.63, 3.8) is 0 Å². The largest absolute Gasteiger partial charge is 0.467 e. The number of halogens is 1. The number of amides is 1. The summed E-state index contributed by atoms with van der Waals surface area (Å²) < 4.78 is 5.29. The van der Waals surface area contributed by atoms with E-state index in [0.29, 0.717) is 23.8 Å². The predicted molar refractivity (Wildman–Crippen MR) is 94.4 cm³/mol. The van der Waals surface area contributed by atoms with Crippen LogP contribution >= 0.6 is 12.4 Å². The predicted octanol–water partition coefficient (Wildman–Crippen LogP) is 3.88. The van der Waals surface area contributed by atoms with E-state index in [9.17, 15) is 4.79 Å². The molecule has 3 rings (SSSR count). The number of anilines is 1. The molecule has 0 saturated carbocycles. The summed E-state index contributed by atoms with van der Waals surface area (Å²) in [5.74, 6) is 1.12. The zero-order valence-electron chi connectivity index (χ0n) is 13.5. The lowest BCUT2D eigenvalue weighted by atomic mass is 9.94. The SMILES string of the molecule is CC(C)c1ccc2c(c1)CCCN2C(=O)c1coc(CN)c1.Cl. The highest BCUT2D eigenvalue weighted by atomic mass is 35.5. The first kappa shape index (κ1) is 17.6. The molecule has 1 aliphatic rings. The summed E-state index contributed by atoms with van der Waals surface area (Å²) in [6.07, 6.45) is 3.52. The van der Waals surface area contributed by atoms with Gasteiger partial charge in [0.05, 0.1) is 12.1 Å². The van der Waals surface area contributed by atoms with Crippen molar-refractivity contribution < 1.29 is 9.21 Å². The Morgan fingerprint density at radius 3 is 2.78 bits per heavy atom. The van der Waals surface area contributed by atoms with Gasteiger partial charge in [0.2, 0.25) is 0 Å². The monoisotopic (exact) mass is 334 g/mol. The molecule has 1 amide bonds. The second kappa shape index (κ2) is 7.20. The van der Waals surface area contributed by atoms with Crippen molar-refractivity contribution in [1.29, 1.82) is 0 Å². The number of hydrogen-bond acceptors (Lipinski definition) is 3. The van der Waals surface area contributed by atoms with Crippen LogP contribution in [0.25, 0.3) is 0 Å². The van der Waals surface area contributed by atoms with Gasteiger partial charge in [0.25, 0.3) is 5.91 Å². The summed E-state index contributed by atoms with van der Waals surface area (Å²) in [5.41, 5.74) is 9.72. The molecule has 2 aromatic rings. The van der Waals surface area contributed by atoms with Crippen LogP contribution in [0.1, 0.15) is 53.4 Å². The van der Waals surface area contributed by atoms with Crippen molar-refractivity contribution in [2.45, 2.75) is 39.2 Å². The fourth-order valence-electron chi connectivity index (χ4n) is 2.94. The minimum absolute atomic E-state index is 0. The highest BCUT2D eigenvalue weighted by Crippen LogP contribution is 2.31. The van der Waals surface area contributed by atoms with Gasteiger partial charge in [-0.2, -0.15) is 0 Å². The lowest BCUT2D eigenvalue weighted by Gasteiger charge is -2.30. The summed E-state index contributed by atoms with van der Waals surface area (Å²) in [6, 6.07) is 8.17. The van der Waals surface area contributed by atoms with Crippen LogP contribution in [-0.2, 0) is 13.0 Å². The summed E-state index contributed by atoms with van der Waals surface area (Å²) in [7, 11) is 0. The maximum atomic E-state index is 12.7. The van der Waals surface area contributed by atoms with E-state index in [-0.39, 0.29) is 18.3 Å². The highest BCUT2D eigenvalue weighted by molar-refractivity contribution is 6.06. The van der Waals surface area contributed by atoms with Crippen molar-refractivity contribution in [1.82, 2.24) is 0 Å². The average Bonchev–Trinajstić information content (AvgIpc) is 3.02. The first-order valence-electron chi connectivity index (χ1n) is 7.82. The summed E-state index contributed by atoms with van der Waals surface area (Å²) >= 11 is 0. The van der Waals surface area contributed by atoms with Gasteiger partial charge in [-0.1, -0.05) is 26.0 Å². The molecule has 0 spiro atoms. The third kappa shape index (κ3) is 3.43. The second-order valence-electron chi connectivity index (χ2n) is 6.11. The van der Waals surface area contributed by atoms with E-state index in [1.54, 1.807) is 6.07 Å². The van der Waals surface area contributed by atoms with Crippen LogP contribution in [0.5, 0.6) is 0 Å². The van der Waals surface area contributed by atoms with E-state index in [1.807, 2.05) is 4.90 Å². The second-order valence-corrected chi connectivity index (χ2v) is 6.11. The highest BCUT2D eigenvalue weighted by Gasteiger charge is 2.25. The number of carbonyl (C=O) groups is 1. The molecule has 0 saturated heterocycles. The van der Waals surface area contributed by atoms with E-state index in [0.717, 1.165) is 25.1 Å². The number of benzene rings is 1. The van der Waals surface area contributed by atoms with Gasteiger partial charge in [-0.25, -0.2) is 0 Å². The Bertz CT molecular complexity index is 694. The zero-order chi connectivity index (χ0) is 15.7. The van der Waals surface area contributed by atoms with Gasteiger partial charge in [-0.05, 0) is 42.0 Å². The van der Waals surface area contributed by atoms with Crippen LogP contribution in [-0.4, -0.2) is 12.5 Å². The van der Waals surface area contributed by atoms with Crippen molar-refractivity contribution in [2.24, 2.45) is 5.73 Å². The molecule has 0 atom stereocenters. The van der Waals surface area contributed by atoms with Crippen LogP contribution < -0.4 is 10.6 Å². The molecule has 1 aromatic heterocycles. The van der Waals surface area contributed by atoms with Crippen LogP contribution in [0.2, 0.25) is 0 Å². The standard InChI is InChI=1S/C18H22N2O2.ClH/c1-12(2)13-5-6-17-14(8-13)4-3-7-20(17)18(21)15-9-16(10-19)22-11-15;/h5-6,8-9,11-12H,3-4,7,10,19H2,1-2H3;1H. The van der Waals surface area contributed by atoms with Crippen LogP contribution in [0.15, 0.2) is 34.9 Å². The summed E-state index contributed by atoms with van der Waals surface area (Å²) in [6.45, 7) is 5.43. The molecule has 0 fully saturated rings. The molecule has 0 aliphatic carbocycles. The number of carbonyl (C=O) groups excluding carboxylic acids is 1. The van der Waals surface area contributed by atoms with Crippen molar-refractivity contribution in [3.05, 3.63) is 53.0 Å². The number of hydrogen-bond donors (Lipinski definition) is 1. The van der Waals surface area contributed by atoms with Gasteiger partial charge in [-0.15, -0.1) is 12.4 Å². The fourth-order valence-corrected chi connectivity index (χ4v) is 2.94. The van der Waals surface area contributed by atoms with E-state index in [4.69, 9.17) is 10.2 Å². The molecule has 2 heterocycles. The molecule has 4 nitrogen and oxygen atoms in total. The third-order valence-corrected chi connectivity index (χ3v) is 4.24. The van der Waals surface area contributed by atoms with Crippen molar-refractivity contribution >= 4 is 24.0 Å². The van der Waals surface area contributed by atoms with Crippen LogP contribution in [0.4, 0.5) is 5.69 Å². The third-order valence-electron chi connectivity index (χ3n) is 4.24. The quantitative estimate of drug-likeness (QED) is 0.926. The van der Waals surface area contributed by atoms with E-state index in [2.05, 4.69) is 32.0 Å². The molecule has 2 N–H and O–H groups in total. The first-order valence-corrected chi connectivity index (χ1v) is 7.82. The summed E-state index contributed by atoms with van der Waals surface area (Å²) in [5, 5.41) is 0. The topological polar surface area (TPSA) is 59.5 Å². The normalized spacial score (nSPS) is 13.7. The Balaban J connectivity index is 0.00000192. The molecular weight excluding hydrogens is 312 g/mol. The Labute approximate surface area is 143 Å². The maximum Gasteiger partial charge on any atom is 0.261 e. The fraction of sp³-hybridized carbons (Fsp3) is 0.389. The molecule has 0 unspecified atom stereocenters. The Morgan fingerprint density at radius 2 is 2.13 bits per heavy atom. The molecule has 5 heteroatoms. The van der Waals surface area contributed by atoms with E-state index in [1.165, 1.54) is 17.4 Å². The molecule has 0 bridgehead atoms. The number of furan rings is 1. The Morgan fingerprint density at radius 1 is 1.35 bits per heavy atom. The van der Waals surface area contributed by atoms with Crippen molar-refractivity contribution in [2.75, 3.05) is 11.4 Å². The average molecular weight is 335 g/mol. The van der Waals surface area contributed by atoms with Gasteiger partial charge in [-0.3, -0.25) is 4.79 Å². The van der Waals surface area contributed by atoms with Gasteiger partial charge >= 0.3 is 0 Å². The molecular formula is C18H23ClN2O2. The van der Waals surface area contributed by atoms with Gasteiger partial charge in [0.1, 0.15) is 12.0 Å². The van der Waals surface area contributed by atoms with E-state index < -0.39 is 0 Å². The van der Waals surface area contributed by atoms with Crippen LogP contribution in [0, 0.1) is 0 Å². The van der Waals surface area contributed by atoms with E-state index >= 15 is 0 Å². The zero-order valence-corrected chi connectivity index (χ0v) is 14.4. The van der Waals surface area contributed by atoms with Gasteiger partial charge in [0.15, 0.2) is 0 Å². The number of rotatable bonds is 3. The van der Waals surface area contributed by atoms with Crippen LogP contribution in [0.3, 0.4) is 0 Å². The number of nitrogens with two attached hydrogens (primary N) is 1. The van der Waals surface area contributed by atoms with Crippen molar-refractivity contribution in [3.8, 4) is 0 Å². The molecule has 23 heavy (non-hydrogen) atoms.